The maximum Gasteiger partial charge on any atom is 0.244 e. The Morgan fingerprint density at radius 1 is 1.20 bits per heavy atom. The minimum absolute atomic E-state index is 0.0623. The van der Waals surface area contributed by atoms with Gasteiger partial charge in [-0.3, -0.25) is 0 Å². The standard InChI is InChI=1S/C11H16N2O4S3/c1-19(14,15)11-8-18-7-6-13(11)20(16,17)10-4-2-9(12)3-5-10/h2-5,11H,6-8,12H2,1H3. The summed E-state index contributed by atoms with van der Waals surface area (Å²) in [7, 11) is -7.30. The molecule has 1 aromatic carbocycles. The fourth-order valence-electron chi connectivity index (χ4n) is 1.95. The summed E-state index contributed by atoms with van der Waals surface area (Å²) in [4.78, 5) is 0.0623. The SMILES string of the molecule is CS(=O)(=O)C1CSCCN1S(=O)(=O)c1ccc(N)cc1. The molecule has 112 valence electrons. The van der Waals surface area contributed by atoms with Crippen LogP contribution in [0.25, 0.3) is 0 Å². The second-order valence-electron chi connectivity index (χ2n) is 4.54. The monoisotopic (exact) mass is 336 g/mol. The van der Waals surface area contributed by atoms with Crippen molar-refractivity contribution in [1.82, 2.24) is 4.31 Å². The fraction of sp³-hybridized carbons (Fsp3) is 0.455. The van der Waals surface area contributed by atoms with Gasteiger partial charge in [0.15, 0.2) is 9.84 Å². The van der Waals surface area contributed by atoms with Crippen molar-refractivity contribution in [3.8, 4) is 0 Å². The normalized spacial score (nSPS) is 21.8. The van der Waals surface area contributed by atoms with Crippen LogP contribution in [0.3, 0.4) is 0 Å². The van der Waals surface area contributed by atoms with Gasteiger partial charge in [0.25, 0.3) is 0 Å². The van der Waals surface area contributed by atoms with Crippen LogP contribution in [0.5, 0.6) is 0 Å². The Balaban J connectivity index is 2.43. The lowest BCUT2D eigenvalue weighted by molar-refractivity contribution is 0.405. The summed E-state index contributed by atoms with van der Waals surface area (Å²) >= 11 is 1.44. The Morgan fingerprint density at radius 3 is 2.35 bits per heavy atom. The van der Waals surface area contributed by atoms with Crippen molar-refractivity contribution in [3.63, 3.8) is 0 Å². The third-order valence-electron chi connectivity index (χ3n) is 3.02. The third kappa shape index (κ3) is 3.11. The van der Waals surface area contributed by atoms with E-state index in [1.807, 2.05) is 0 Å². The average Bonchev–Trinajstić information content (AvgIpc) is 2.38. The van der Waals surface area contributed by atoms with Crippen LogP contribution >= 0.6 is 11.8 Å². The number of rotatable bonds is 3. The Labute approximate surface area is 123 Å². The second kappa shape index (κ2) is 5.55. The Kier molecular flexibility index (Phi) is 4.33. The number of nitrogens with zero attached hydrogens (tertiary/aromatic N) is 1. The summed E-state index contributed by atoms with van der Waals surface area (Å²) in [6, 6.07) is 5.76. The largest absolute Gasteiger partial charge is 0.399 e. The fourth-order valence-corrected chi connectivity index (χ4v) is 7.12. The van der Waals surface area contributed by atoms with E-state index in [9.17, 15) is 16.8 Å². The molecule has 0 spiro atoms. The van der Waals surface area contributed by atoms with Gasteiger partial charge in [-0.25, -0.2) is 16.8 Å². The molecule has 2 N–H and O–H groups in total. The first-order valence-electron chi connectivity index (χ1n) is 5.87. The van der Waals surface area contributed by atoms with Crippen molar-refractivity contribution in [2.24, 2.45) is 0 Å². The summed E-state index contributed by atoms with van der Waals surface area (Å²) in [6.45, 7) is 0.190. The van der Waals surface area contributed by atoms with E-state index in [0.29, 0.717) is 11.4 Å². The van der Waals surface area contributed by atoms with Crippen LogP contribution in [0.1, 0.15) is 0 Å². The molecule has 1 unspecified atom stereocenters. The van der Waals surface area contributed by atoms with Crippen LogP contribution in [0, 0.1) is 0 Å². The van der Waals surface area contributed by atoms with E-state index in [2.05, 4.69) is 0 Å². The lowest BCUT2D eigenvalue weighted by atomic mass is 10.3. The molecule has 20 heavy (non-hydrogen) atoms. The second-order valence-corrected chi connectivity index (χ2v) is 9.79. The molecule has 9 heteroatoms. The van der Waals surface area contributed by atoms with Crippen LogP contribution in [0.15, 0.2) is 29.2 Å². The van der Waals surface area contributed by atoms with E-state index in [1.54, 1.807) is 0 Å². The van der Waals surface area contributed by atoms with Crippen LogP contribution < -0.4 is 5.73 Å². The van der Waals surface area contributed by atoms with Gasteiger partial charge in [0.05, 0.1) is 4.90 Å². The van der Waals surface area contributed by atoms with Gasteiger partial charge in [-0.1, -0.05) is 0 Å². The van der Waals surface area contributed by atoms with Gasteiger partial charge in [-0.2, -0.15) is 16.1 Å². The minimum Gasteiger partial charge on any atom is -0.399 e. The topological polar surface area (TPSA) is 97.5 Å². The number of hydrogen-bond acceptors (Lipinski definition) is 6. The number of hydrogen-bond donors (Lipinski definition) is 1. The minimum atomic E-state index is -3.83. The molecule has 1 atom stereocenters. The van der Waals surface area contributed by atoms with E-state index < -0.39 is 25.2 Å². The maximum atomic E-state index is 12.6. The van der Waals surface area contributed by atoms with Crippen LogP contribution in [-0.4, -0.2) is 50.8 Å². The van der Waals surface area contributed by atoms with Crippen molar-refractivity contribution < 1.29 is 16.8 Å². The quantitative estimate of drug-likeness (QED) is 0.801. The average molecular weight is 336 g/mol. The molecule has 0 aromatic heterocycles. The molecule has 0 amide bonds. The Bertz CT molecular complexity index is 683. The summed E-state index contributed by atoms with van der Waals surface area (Å²) in [5.74, 6) is 0.841. The molecule has 1 saturated heterocycles. The highest BCUT2D eigenvalue weighted by atomic mass is 32.2. The number of thioether (sulfide) groups is 1. The Hall–Kier alpha value is -0.770. The highest BCUT2D eigenvalue weighted by molar-refractivity contribution is 8.01. The zero-order chi connectivity index (χ0) is 15.0. The predicted molar refractivity (Wildman–Crippen MR) is 80.7 cm³/mol. The van der Waals surface area contributed by atoms with Gasteiger partial charge in [0.1, 0.15) is 5.37 Å². The molecule has 1 aliphatic heterocycles. The predicted octanol–water partition coefficient (Wildman–Crippen LogP) is 0.377. The molecule has 1 aliphatic rings. The molecule has 0 radical (unpaired) electrons. The molecule has 0 bridgehead atoms. The highest BCUT2D eigenvalue weighted by Crippen LogP contribution is 2.27. The molecular weight excluding hydrogens is 320 g/mol. The zero-order valence-electron chi connectivity index (χ0n) is 10.9. The first-order valence-corrected chi connectivity index (χ1v) is 10.4. The van der Waals surface area contributed by atoms with E-state index in [-0.39, 0.29) is 17.2 Å². The number of nitrogens with two attached hydrogens (primary N) is 1. The molecule has 1 aromatic rings. The van der Waals surface area contributed by atoms with E-state index in [4.69, 9.17) is 5.73 Å². The number of nitrogen functional groups attached to an aromatic ring is 1. The lowest BCUT2D eigenvalue weighted by Crippen LogP contribution is -2.49. The molecule has 6 nitrogen and oxygen atoms in total. The number of benzene rings is 1. The highest BCUT2D eigenvalue weighted by Gasteiger charge is 2.39. The number of sulfone groups is 1. The van der Waals surface area contributed by atoms with E-state index in [0.717, 1.165) is 10.6 Å². The maximum absolute atomic E-state index is 12.6. The molecular formula is C11H16N2O4S3. The van der Waals surface area contributed by atoms with Gasteiger partial charge < -0.3 is 5.73 Å². The summed E-state index contributed by atoms with van der Waals surface area (Å²) < 4.78 is 49.8. The molecule has 1 heterocycles. The summed E-state index contributed by atoms with van der Waals surface area (Å²) in [6.07, 6.45) is 1.06. The van der Waals surface area contributed by atoms with E-state index >= 15 is 0 Å². The van der Waals surface area contributed by atoms with Crippen molar-refractivity contribution in [3.05, 3.63) is 24.3 Å². The van der Waals surface area contributed by atoms with Gasteiger partial charge in [-0.05, 0) is 24.3 Å². The third-order valence-corrected chi connectivity index (χ3v) is 7.72. The molecule has 2 rings (SSSR count). The summed E-state index contributed by atoms with van der Waals surface area (Å²) in [5, 5.41) is -1.01. The van der Waals surface area contributed by atoms with Crippen LogP contribution in [0.2, 0.25) is 0 Å². The van der Waals surface area contributed by atoms with E-state index in [1.165, 1.54) is 36.0 Å². The van der Waals surface area contributed by atoms with Crippen molar-refractivity contribution in [2.75, 3.05) is 30.0 Å². The van der Waals surface area contributed by atoms with Gasteiger partial charge >= 0.3 is 0 Å². The first kappa shape index (κ1) is 15.6. The first-order chi connectivity index (χ1) is 9.23. The Morgan fingerprint density at radius 2 is 1.80 bits per heavy atom. The number of anilines is 1. The lowest BCUT2D eigenvalue weighted by Gasteiger charge is -2.32. The molecule has 0 aliphatic carbocycles. The molecule has 0 saturated carbocycles. The van der Waals surface area contributed by atoms with Gasteiger partial charge in [0.2, 0.25) is 10.0 Å². The molecule has 1 fully saturated rings. The summed E-state index contributed by atoms with van der Waals surface area (Å²) in [5.41, 5.74) is 5.99. The van der Waals surface area contributed by atoms with Crippen molar-refractivity contribution in [2.45, 2.75) is 10.3 Å². The van der Waals surface area contributed by atoms with Gasteiger partial charge in [0, 0.05) is 30.0 Å². The van der Waals surface area contributed by atoms with Crippen molar-refractivity contribution >= 4 is 37.3 Å². The van der Waals surface area contributed by atoms with Gasteiger partial charge in [-0.15, -0.1) is 0 Å². The number of sulfonamides is 1. The smallest absolute Gasteiger partial charge is 0.244 e. The zero-order valence-corrected chi connectivity index (χ0v) is 13.3. The van der Waals surface area contributed by atoms with Crippen LogP contribution in [-0.2, 0) is 19.9 Å². The van der Waals surface area contributed by atoms with Crippen molar-refractivity contribution in [1.29, 1.82) is 0 Å². The van der Waals surface area contributed by atoms with Crippen LogP contribution in [0.4, 0.5) is 5.69 Å².